The molecule has 0 fully saturated rings. The summed E-state index contributed by atoms with van der Waals surface area (Å²) in [4.78, 5) is 1.83. The molecule has 0 bridgehead atoms. The summed E-state index contributed by atoms with van der Waals surface area (Å²) in [6.07, 6.45) is 0.0401. The number of hydrogen-bond donors (Lipinski definition) is 1. The van der Waals surface area contributed by atoms with E-state index in [4.69, 9.17) is 0 Å². The number of aliphatic hydroxyl groups excluding tert-OH is 1. The first-order chi connectivity index (χ1) is 9.58. The highest BCUT2D eigenvalue weighted by Gasteiger charge is 2.11. The lowest BCUT2D eigenvalue weighted by Gasteiger charge is -2.21. The molecule has 106 valence electrons. The average molecular weight is 273 g/mol. The van der Waals surface area contributed by atoms with Crippen LogP contribution in [0.3, 0.4) is 0 Å². The summed E-state index contributed by atoms with van der Waals surface area (Å²) in [7, 11) is 1.83. The van der Waals surface area contributed by atoms with Crippen LogP contribution in [-0.4, -0.2) is 18.7 Å². The van der Waals surface area contributed by atoms with E-state index >= 15 is 0 Å². The number of halogens is 1. The van der Waals surface area contributed by atoms with Gasteiger partial charge >= 0.3 is 0 Å². The Morgan fingerprint density at radius 3 is 2.40 bits per heavy atom. The third-order valence-electron chi connectivity index (χ3n) is 3.46. The molecular weight excluding hydrogens is 253 g/mol. The van der Waals surface area contributed by atoms with Gasteiger partial charge in [0.05, 0.1) is 11.8 Å². The molecule has 0 aliphatic rings. The molecule has 0 saturated heterocycles. The maximum absolute atomic E-state index is 13.6. The molecule has 0 spiro atoms. The van der Waals surface area contributed by atoms with Gasteiger partial charge in [0.25, 0.3) is 0 Å². The number of aliphatic hydroxyl groups is 1. The van der Waals surface area contributed by atoms with Gasteiger partial charge in [-0.3, -0.25) is 0 Å². The first-order valence-electron chi connectivity index (χ1n) is 6.78. The second kappa shape index (κ2) is 6.53. The van der Waals surface area contributed by atoms with Crippen LogP contribution in [-0.2, 0) is 0 Å². The zero-order valence-electron chi connectivity index (χ0n) is 11.9. The summed E-state index contributed by atoms with van der Waals surface area (Å²) in [5.74, 6) is -0.236. The summed E-state index contributed by atoms with van der Waals surface area (Å²) in [6, 6.07) is 14.5. The smallest absolute Gasteiger partial charge is 0.146 e. The Hall–Kier alpha value is -1.87. The van der Waals surface area contributed by atoms with Crippen LogP contribution in [0.2, 0.25) is 0 Å². The highest BCUT2D eigenvalue weighted by Crippen LogP contribution is 2.21. The normalized spacial score (nSPS) is 12.2. The summed E-state index contributed by atoms with van der Waals surface area (Å²) in [5, 5.41) is 10.2. The van der Waals surface area contributed by atoms with Gasteiger partial charge in [-0.05, 0) is 31.0 Å². The van der Waals surface area contributed by atoms with Crippen molar-refractivity contribution in [2.75, 3.05) is 18.5 Å². The molecule has 0 aliphatic heterocycles. The average Bonchev–Trinajstić information content (AvgIpc) is 2.45. The minimum atomic E-state index is -0.523. The number of rotatable bonds is 5. The molecule has 1 atom stereocenters. The predicted molar refractivity (Wildman–Crippen MR) is 80.4 cm³/mol. The molecule has 0 saturated carbocycles. The minimum absolute atomic E-state index is 0.236. The van der Waals surface area contributed by atoms with Gasteiger partial charge in [-0.15, -0.1) is 0 Å². The maximum Gasteiger partial charge on any atom is 0.146 e. The number of benzene rings is 2. The largest absolute Gasteiger partial charge is 0.388 e. The van der Waals surface area contributed by atoms with E-state index in [9.17, 15) is 9.50 Å². The van der Waals surface area contributed by atoms with E-state index in [1.807, 2.05) is 49.2 Å². The van der Waals surface area contributed by atoms with Crippen molar-refractivity contribution in [2.45, 2.75) is 19.4 Å². The van der Waals surface area contributed by atoms with Crippen molar-refractivity contribution in [3.63, 3.8) is 0 Å². The van der Waals surface area contributed by atoms with Gasteiger partial charge in [-0.2, -0.15) is 0 Å². The van der Waals surface area contributed by atoms with Crippen molar-refractivity contribution in [1.82, 2.24) is 0 Å². The van der Waals surface area contributed by atoms with Crippen LogP contribution < -0.4 is 4.90 Å². The van der Waals surface area contributed by atoms with E-state index in [-0.39, 0.29) is 5.82 Å². The molecule has 0 aliphatic carbocycles. The highest BCUT2D eigenvalue weighted by molar-refractivity contribution is 5.46. The van der Waals surface area contributed by atoms with Gasteiger partial charge in [0.1, 0.15) is 5.82 Å². The Labute approximate surface area is 119 Å². The van der Waals surface area contributed by atoms with Gasteiger partial charge in [0.2, 0.25) is 0 Å². The molecule has 2 aromatic carbocycles. The van der Waals surface area contributed by atoms with Crippen LogP contribution in [0.4, 0.5) is 10.1 Å². The van der Waals surface area contributed by atoms with Crippen molar-refractivity contribution in [3.05, 3.63) is 65.5 Å². The van der Waals surface area contributed by atoms with E-state index in [1.54, 1.807) is 12.1 Å². The minimum Gasteiger partial charge on any atom is -0.388 e. The number of hydrogen-bond acceptors (Lipinski definition) is 2. The van der Waals surface area contributed by atoms with E-state index in [1.165, 1.54) is 11.6 Å². The van der Waals surface area contributed by atoms with Crippen molar-refractivity contribution in [1.29, 1.82) is 0 Å². The predicted octanol–water partition coefficient (Wildman–Crippen LogP) is 3.69. The molecule has 0 heterocycles. The van der Waals surface area contributed by atoms with Crippen molar-refractivity contribution in [3.8, 4) is 0 Å². The molecule has 2 aromatic rings. The van der Waals surface area contributed by atoms with Gasteiger partial charge in [0, 0.05) is 13.6 Å². The quantitative estimate of drug-likeness (QED) is 0.898. The van der Waals surface area contributed by atoms with Crippen LogP contribution >= 0.6 is 0 Å². The fourth-order valence-corrected chi connectivity index (χ4v) is 2.15. The second-order valence-electron chi connectivity index (χ2n) is 5.09. The lowest BCUT2D eigenvalue weighted by atomic mass is 10.0. The zero-order valence-corrected chi connectivity index (χ0v) is 11.9. The van der Waals surface area contributed by atoms with Gasteiger partial charge in [0.15, 0.2) is 0 Å². The molecule has 3 heteroatoms. The van der Waals surface area contributed by atoms with Crippen molar-refractivity contribution in [2.24, 2.45) is 0 Å². The molecule has 0 radical (unpaired) electrons. The van der Waals surface area contributed by atoms with Crippen LogP contribution in [0.15, 0.2) is 48.5 Å². The third-order valence-corrected chi connectivity index (χ3v) is 3.46. The van der Waals surface area contributed by atoms with Gasteiger partial charge < -0.3 is 10.0 Å². The summed E-state index contributed by atoms with van der Waals surface area (Å²) >= 11 is 0. The molecule has 20 heavy (non-hydrogen) atoms. The van der Waals surface area contributed by atoms with Crippen molar-refractivity contribution < 1.29 is 9.50 Å². The van der Waals surface area contributed by atoms with Crippen LogP contribution in [0.1, 0.15) is 23.7 Å². The topological polar surface area (TPSA) is 23.5 Å². The Bertz CT molecular complexity index is 553. The maximum atomic E-state index is 13.6. The number of para-hydroxylation sites is 1. The fourth-order valence-electron chi connectivity index (χ4n) is 2.15. The Balaban J connectivity index is 1.95. The molecule has 1 N–H and O–H groups in total. The molecular formula is C17H20FNO. The van der Waals surface area contributed by atoms with Crippen LogP contribution in [0, 0.1) is 12.7 Å². The fraction of sp³-hybridized carbons (Fsp3) is 0.294. The van der Waals surface area contributed by atoms with Gasteiger partial charge in [-0.1, -0.05) is 42.0 Å². The van der Waals surface area contributed by atoms with E-state index in [0.717, 1.165) is 5.56 Å². The Morgan fingerprint density at radius 2 is 1.75 bits per heavy atom. The van der Waals surface area contributed by atoms with Crippen LogP contribution in [0.25, 0.3) is 0 Å². The van der Waals surface area contributed by atoms with Crippen molar-refractivity contribution >= 4 is 5.69 Å². The highest BCUT2D eigenvalue weighted by atomic mass is 19.1. The van der Waals surface area contributed by atoms with E-state index in [0.29, 0.717) is 18.7 Å². The van der Waals surface area contributed by atoms with Gasteiger partial charge in [-0.25, -0.2) is 4.39 Å². The number of nitrogens with zero attached hydrogens (tertiary/aromatic N) is 1. The molecule has 0 aromatic heterocycles. The van der Waals surface area contributed by atoms with E-state index in [2.05, 4.69) is 0 Å². The molecule has 2 nitrogen and oxygen atoms in total. The third kappa shape index (κ3) is 3.58. The second-order valence-corrected chi connectivity index (χ2v) is 5.09. The molecule has 1 unspecified atom stereocenters. The number of anilines is 1. The van der Waals surface area contributed by atoms with Crippen LogP contribution in [0.5, 0.6) is 0 Å². The summed E-state index contributed by atoms with van der Waals surface area (Å²) in [6.45, 7) is 2.61. The first-order valence-corrected chi connectivity index (χ1v) is 6.78. The summed E-state index contributed by atoms with van der Waals surface area (Å²) in [5.41, 5.74) is 2.63. The lowest BCUT2D eigenvalue weighted by Crippen LogP contribution is -2.21. The SMILES string of the molecule is Cc1ccc(C(O)CCN(C)c2ccccc2F)cc1. The molecule has 0 amide bonds. The standard InChI is InChI=1S/C17H20FNO/c1-13-7-9-14(10-8-13)17(20)11-12-19(2)16-6-4-3-5-15(16)18/h3-10,17,20H,11-12H2,1-2H3. The lowest BCUT2D eigenvalue weighted by molar-refractivity contribution is 0.169. The Morgan fingerprint density at radius 1 is 1.10 bits per heavy atom. The summed E-state index contributed by atoms with van der Waals surface area (Å²) < 4.78 is 13.6. The Kier molecular flexibility index (Phi) is 4.74. The monoisotopic (exact) mass is 273 g/mol. The zero-order chi connectivity index (χ0) is 14.5. The number of aryl methyl sites for hydroxylation is 1. The van der Waals surface area contributed by atoms with E-state index < -0.39 is 6.10 Å². The first kappa shape index (κ1) is 14.5. The molecule has 2 rings (SSSR count).